The summed E-state index contributed by atoms with van der Waals surface area (Å²) in [4.78, 5) is 0. The molecule has 1 rings (SSSR count). The molecule has 1 aromatic rings. The van der Waals surface area contributed by atoms with Gasteiger partial charge in [-0.05, 0) is 12.1 Å². The van der Waals surface area contributed by atoms with Gasteiger partial charge in [-0.3, -0.25) is 0 Å². The van der Waals surface area contributed by atoms with E-state index in [1.54, 1.807) is 14.2 Å². The summed E-state index contributed by atoms with van der Waals surface area (Å²) in [6, 6.07) is 5.65. The topological polar surface area (TPSA) is 62.9 Å². The van der Waals surface area contributed by atoms with Gasteiger partial charge in [0.25, 0.3) is 0 Å². The summed E-state index contributed by atoms with van der Waals surface area (Å²) in [5, 5.41) is 0. The van der Waals surface area contributed by atoms with E-state index in [0.29, 0.717) is 33.0 Å². The van der Waals surface area contributed by atoms with Crippen LogP contribution in [0.15, 0.2) is 18.2 Å². The molecule has 5 nitrogen and oxygen atoms in total. The van der Waals surface area contributed by atoms with Crippen molar-refractivity contribution in [1.82, 2.24) is 0 Å². The minimum Gasteiger partial charge on any atom is -0.497 e. The Kier molecular flexibility index (Phi) is 7.17. The highest BCUT2D eigenvalue weighted by molar-refractivity contribution is 5.40. The summed E-state index contributed by atoms with van der Waals surface area (Å²) in [5.74, 6) is 1.53. The van der Waals surface area contributed by atoms with Crippen molar-refractivity contribution < 1.29 is 18.9 Å². The van der Waals surface area contributed by atoms with Crippen molar-refractivity contribution >= 4 is 0 Å². The summed E-state index contributed by atoms with van der Waals surface area (Å²) in [7, 11) is 3.25. The van der Waals surface area contributed by atoms with Crippen molar-refractivity contribution in [2.24, 2.45) is 5.73 Å². The number of hydrogen-bond acceptors (Lipinski definition) is 5. The SMILES string of the molecule is COc1ccc(COCCOCCN)c(OC)c1. The van der Waals surface area contributed by atoms with Crippen LogP contribution in [0.25, 0.3) is 0 Å². The molecule has 0 radical (unpaired) electrons. The zero-order chi connectivity index (χ0) is 13.2. The highest BCUT2D eigenvalue weighted by atomic mass is 16.5. The first-order chi connectivity index (χ1) is 8.81. The summed E-state index contributed by atoms with van der Waals surface area (Å²) in [6.45, 7) is 2.67. The van der Waals surface area contributed by atoms with Gasteiger partial charge in [0.05, 0.1) is 40.6 Å². The number of nitrogens with two attached hydrogens (primary N) is 1. The maximum atomic E-state index is 5.50. The number of benzene rings is 1. The third-order valence-corrected chi connectivity index (χ3v) is 2.39. The minimum absolute atomic E-state index is 0.485. The molecule has 5 heteroatoms. The van der Waals surface area contributed by atoms with Crippen LogP contribution in [-0.4, -0.2) is 40.6 Å². The molecule has 0 fully saturated rings. The fraction of sp³-hybridized carbons (Fsp3) is 0.538. The second-order valence-corrected chi connectivity index (χ2v) is 3.63. The molecule has 0 aliphatic rings. The Morgan fingerprint density at radius 2 is 1.78 bits per heavy atom. The molecule has 102 valence electrons. The van der Waals surface area contributed by atoms with Crippen LogP contribution in [0.3, 0.4) is 0 Å². The van der Waals surface area contributed by atoms with Gasteiger partial charge < -0.3 is 24.7 Å². The van der Waals surface area contributed by atoms with Crippen LogP contribution < -0.4 is 15.2 Å². The van der Waals surface area contributed by atoms with Crippen LogP contribution in [0.4, 0.5) is 0 Å². The second-order valence-electron chi connectivity index (χ2n) is 3.63. The first-order valence-electron chi connectivity index (χ1n) is 5.88. The average Bonchev–Trinajstić information content (AvgIpc) is 2.42. The van der Waals surface area contributed by atoms with Crippen molar-refractivity contribution in [1.29, 1.82) is 0 Å². The van der Waals surface area contributed by atoms with E-state index in [1.165, 1.54) is 0 Å². The van der Waals surface area contributed by atoms with Gasteiger partial charge in [-0.25, -0.2) is 0 Å². The fourth-order valence-corrected chi connectivity index (χ4v) is 1.46. The first-order valence-corrected chi connectivity index (χ1v) is 5.88. The van der Waals surface area contributed by atoms with E-state index in [1.807, 2.05) is 18.2 Å². The molecular weight excluding hydrogens is 234 g/mol. The number of methoxy groups -OCH3 is 2. The van der Waals surface area contributed by atoms with Crippen molar-refractivity contribution in [3.63, 3.8) is 0 Å². The smallest absolute Gasteiger partial charge is 0.128 e. The van der Waals surface area contributed by atoms with Crippen molar-refractivity contribution in [2.45, 2.75) is 6.61 Å². The number of hydrogen-bond donors (Lipinski definition) is 1. The Morgan fingerprint density at radius 3 is 2.44 bits per heavy atom. The Labute approximate surface area is 108 Å². The van der Waals surface area contributed by atoms with Crippen LogP contribution >= 0.6 is 0 Å². The lowest BCUT2D eigenvalue weighted by Gasteiger charge is -2.11. The Bertz CT molecular complexity index is 344. The molecule has 18 heavy (non-hydrogen) atoms. The van der Waals surface area contributed by atoms with Gasteiger partial charge in [-0.15, -0.1) is 0 Å². The van der Waals surface area contributed by atoms with E-state index in [-0.39, 0.29) is 0 Å². The zero-order valence-corrected chi connectivity index (χ0v) is 11.0. The van der Waals surface area contributed by atoms with Crippen LogP contribution in [0.1, 0.15) is 5.56 Å². The van der Waals surface area contributed by atoms with E-state index in [2.05, 4.69) is 0 Å². The average molecular weight is 255 g/mol. The van der Waals surface area contributed by atoms with Gasteiger partial charge in [0.1, 0.15) is 11.5 Å². The monoisotopic (exact) mass is 255 g/mol. The molecule has 0 atom stereocenters. The van der Waals surface area contributed by atoms with Crippen LogP contribution in [0, 0.1) is 0 Å². The number of ether oxygens (including phenoxy) is 4. The Morgan fingerprint density at radius 1 is 1.00 bits per heavy atom. The van der Waals surface area contributed by atoms with Gasteiger partial charge in [-0.1, -0.05) is 0 Å². The summed E-state index contributed by atoms with van der Waals surface area (Å²) in [5.41, 5.74) is 6.29. The van der Waals surface area contributed by atoms with E-state index >= 15 is 0 Å². The lowest BCUT2D eigenvalue weighted by molar-refractivity contribution is 0.0427. The summed E-state index contributed by atoms with van der Waals surface area (Å²) >= 11 is 0. The number of rotatable bonds is 9. The third kappa shape index (κ3) is 4.91. The van der Waals surface area contributed by atoms with Crippen molar-refractivity contribution in [3.05, 3.63) is 23.8 Å². The standard InChI is InChI=1S/C13H21NO4/c1-15-12-4-3-11(13(9-12)16-2)10-18-8-7-17-6-5-14/h3-4,9H,5-8,10,14H2,1-2H3. The van der Waals surface area contributed by atoms with Gasteiger partial charge in [0.15, 0.2) is 0 Å². The minimum atomic E-state index is 0.485. The molecule has 0 spiro atoms. The third-order valence-electron chi connectivity index (χ3n) is 2.39. The van der Waals surface area contributed by atoms with Crippen LogP contribution in [0.5, 0.6) is 11.5 Å². The molecule has 1 aromatic carbocycles. The molecule has 0 aliphatic heterocycles. The van der Waals surface area contributed by atoms with E-state index in [0.717, 1.165) is 17.1 Å². The highest BCUT2D eigenvalue weighted by Gasteiger charge is 2.04. The fourth-order valence-electron chi connectivity index (χ4n) is 1.46. The molecule has 0 bridgehead atoms. The molecule has 0 amide bonds. The van der Waals surface area contributed by atoms with Crippen LogP contribution in [0.2, 0.25) is 0 Å². The van der Waals surface area contributed by atoms with Gasteiger partial charge in [0, 0.05) is 18.2 Å². The molecule has 0 aliphatic carbocycles. The lowest BCUT2D eigenvalue weighted by Crippen LogP contribution is -2.12. The second kappa shape index (κ2) is 8.74. The van der Waals surface area contributed by atoms with E-state index < -0.39 is 0 Å². The maximum Gasteiger partial charge on any atom is 0.128 e. The van der Waals surface area contributed by atoms with E-state index in [4.69, 9.17) is 24.7 Å². The molecule has 2 N–H and O–H groups in total. The predicted molar refractivity (Wildman–Crippen MR) is 69.1 cm³/mol. The molecule has 0 saturated heterocycles. The molecule has 0 heterocycles. The van der Waals surface area contributed by atoms with Crippen LogP contribution in [-0.2, 0) is 16.1 Å². The van der Waals surface area contributed by atoms with Gasteiger partial charge >= 0.3 is 0 Å². The summed E-state index contributed by atoms with van der Waals surface area (Å²) < 4.78 is 21.1. The van der Waals surface area contributed by atoms with Crippen molar-refractivity contribution in [2.75, 3.05) is 40.6 Å². The Hall–Kier alpha value is -1.30. The normalized spacial score (nSPS) is 10.4. The zero-order valence-electron chi connectivity index (χ0n) is 11.0. The maximum absolute atomic E-state index is 5.50. The molecule has 0 unspecified atom stereocenters. The highest BCUT2D eigenvalue weighted by Crippen LogP contribution is 2.24. The van der Waals surface area contributed by atoms with E-state index in [9.17, 15) is 0 Å². The molecular formula is C13H21NO4. The quantitative estimate of drug-likeness (QED) is 0.672. The van der Waals surface area contributed by atoms with Gasteiger partial charge in [-0.2, -0.15) is 0 Å². The Balaban J connectivity index is 2.37. The van der Waals surface area contributed by atoms with Gasteiger partial charge in [0.2, 0.25) is 0 Å². The molecule has 0 saturated carbocycles. The van der Waals surface area contributed by atoms with Crippen molar-refractivity contribution in [3.8, 4) is 11.5 Å². The molecule has 0 aromatic heterocycles. The first kappa shape index (κ1) is 14.8. The predicted octanol–water partition coefficient (Wildman–Crippen LogP) is 1.20. The lowest BCUT2D eigenvalue weighted by atomic mass is 10.2. The largest absolute Gasteiger partial charge is 0.497 e. The summed E-state index contributed by atoms with van der Waals surface area (Å²) in [6.07, 6.45) is 0.